The third-order valence-electron chi connectivity index (χ3n) is 3.74. The van der Waals surface area contributed by atoms with E-state index in [0.717, 1.165) is 13.0 Å². The zero-order valence-corrected chi connectivity index (χ0v) is 13.1. The lowest BCUT2D eigenvalue weighted by atomic mass is 10.3. The third-order valence-corrected chi connectivity index (χ3v) is 5.69. The molecule has 21 heavy (non-hydrogen) atoms. The molecular weight excluding hydrogens is 290 g/mol. The summed E-state index contributed by atoms with van der Waals surface area (Å²) >= 11 is 0. The molecule has 0 unspecified atom stereocenters. The van der Waals surface area contributed by atoms with Gasteiger partial charge in [-0.05, 0) is 25.1 Å². The Morgan fingerprint density at radius 3 is 2.67 bits per heavy atom. The predicted molar refractivity (Wildman–Crippen MR) is 82.9 cm³/mol. The molecule has 1 aliphatic rings. The second kappa shape index (κ2) is 7.22. The van der Waals surface area contributed by atoms with Gasteiger partial charge in [-0.2, -0.15) is 4.31 Å². The topological polar surface area (TPSA) is 72.9 Å². The van der Waals surface area contributed by atoms with Gasteiger partial charge in [-0.15, -0.1) is 0 Å². The van der Waals surface area contributed by atoms with Gasteiger partial charge >= 0.3 is 0 Å². The van der Waals surface area contributed by atoms with E-state index in [0.29, 0.717) is 36.8 Å². The lowest BCUT2D eigenvalue weighted by molar-refractivity contribution is 0.202. The van der Waals surface area contributed by atoms with Gasteiger partial charge in [-0.3, -0.25) is 4.90 Å². The summed E-state index contributed by atoms with van der Waals surface area (Å²) in [7, 11) is -1.76. The van der Waals surface area contributed by atoms with Crippen molar-refractivity contribution < 1.29 is 13.5 Å². The van der Waals surface area contributed by atoms with Crippen LogP contribution in [-0.2, 0) is 10.0 Å². The van der Waals surface area contributed by atoms with Crippen LogP contribution in [0.15, 0.2) is 29.2 Å². The first kappa shape index (κ1) is 16.2. The first-order valence-corrected chi connectivity index (χ1v) is 8.63. The van der Waals surface area contributed by atoms with Gasteiger partial charge in [-0.1, -0.05) is 12.1 Å². The second-order valence-electron chi connectivity index (χ2n) is 5.07. The van der Waals surface area contributed by atoms with E-state index in [9.17, 15) is 8.42 Å². The fourth-order valence-electron chi connectivity index (χ4n) is 2.59. The molecule has 0 amide bonds. The average Bonchev–Trinajstić information content (AvgIpc) is 2.74. The molecule has 6 nitrogen and oxygen atoms in total. The Kier molecular flexibility index (Phi) is 5.58. The molecule has 2 rings (SSSR count). The minimum atomic E-state index is -3.48. The molecule has 0 atom stereocenters. The van der Waals surface area contributed by atoms with Crippen molar-refractivity contribution in [2.45, 2.75) is 11.3 Å². The summed E-state index contributed by atoms with van der Waals surface area (Å²) in [4.78, 5) is 2.42. The Hall–Kier alpha value is -1.15. The van der Waals surface area contributed by atoms with Gasteiger partial charge < -0.3 is 10.4 Å². The van der Waals surface area contributed by atoms with Crippen molar-refractivity contribution in [1.82, 2.24) is 9.21 Å². The molecule has 1 aromatic rings. The van der Waals surface area contributed by atoms with Gasteiger partial charge in [0, 0.05) is 33.2 Å². The number of nitrogens with zero attached hydrogens (tertiary/aromatic N) is 2. The summed E-state index contributed by atoms with van der Waals surface area (Å²) in [6.45, 7) is 3.15. The maximum atomic E-state index is 12.8. The number of anilines is 1. The zero-order chi connectivity index (χ0) is 15.3. The zero-order valence-electron chi connectivity index (χ0n) is 12.3. The Bertz CT molecular complexity index is 562. The maximum Gasteiger partial charge on any atom is 0.245 e. The highest BCUT2D eigenvalue weighted by Crippen LogP contribution is 2.24. The lowest BCUT2D eigenvalue weighted by Crippen LogP contribution is -2.36. The second-order valence-corrected chi connectivity index (χ2v) is 6.98. The number of para-hydroxylation sites is 1. The van der Waals surface area contributed by atoms with Crippen LogP contribution in [0.3, 0.4) is 0 Å². The van der Waals surface area contributed by atoms with E-state index < -0.39 is 10.0 Å². The van der Waals surface area contributed by atoms with Crippen molar-refractivity contribution in [3.8, 4) is 0 Å². The molecule has 118 valence electrons. The van der Waals surface area contributed by atoms with Crippen molar-refractivity contribution in [3.05, 3.63) is 24.3 Å². The Labute approximate surface area is 126 Å². The maximum absolute atomic E-state index is 12.8. The molecule has 0 saturated carbocycles. The van der Waals surface area contributed by atoms with Crippen LogP contribution in [0.1, 0.15) is 6.42 Å². The quantitative estimate of drug-likeness (QED) is 0.824. The van der Waals surface area contributed by atoms with Crippen molar-refractivity contribution in [1.29, 1.82) is 0 Å². The molecule has 0 aromatic heterocycles. The summed E-state index contributed by atoms with van der Waals surface area (Å²) in [6, 6.07) is 6.96. The Morgan fingerprint density at radius 1 is 1.19 bits per heavy atom. The molecule has 1 aromatic carbocycles. The van der Waals surface area contributed by atoms with Crippen LogP contribution in [0.4, 0.5) is 5.69 Å². The number of sulfonamides is 1. The standard InChI is InChI=1S/C14H23N3O3S/c1-15-13-5-2-3-6-14(13)21(19,20)17-8-4-7-16(9-10-17)11-12-18/h2-3,5-6,15,18H,4,7-12H2,1H3. The number of rotatable bonds is 5. The number of nitrogens with one attached hydrogen (secondary N) is 1. The highest BCUT2D eigenvalue weighted by Gasteiger charge is 2.28. The molecule has 0 aliphatic carbocycles. The van der Waals surface area contributed by atoms with Gasteiger partial charge in [0.25, 0.3) is 0 Å². The molecule has 1 aliphatic heterocycles. The predicted octanol–water partition coefficient (Wildman–Crippen LogP) is 0.417. The number of aliphatic hydroxyl groups excluding tert-OH is 1. The van der Waals surface area contributed by atoms with Gasteiger partial charge in [0.2, 0.25) is 10.0 Å². The van der Waals surface area contributed by atoms with E-state index >= 15 is 0 Å². The minimum Gasteiger partial charge on any atom is -0.395 e. The molecule has 0 radical (unpaired) electrons. The van der Waals surface area contributed by atoms with E-state index in [2.05, 4.69) is 10.2 Å². The Morgan fingerprint density at radius 2 is 1.95 bits per heavy atom. The summed E-state index contributed by atoms with van der Waals surface area (Å²) in [5, 5.41) is 11.9. The van der Waals surface area contributed by atoms with E-state index in [1.54, 1.807) is 29.6 Å². The smallest absolute Gasteiger partial charge is 0.245 e. The van der Waals surface area contributed by atoms with Crippen molar-refractivity contribution in [2.75, 3.05) is 51.7 Å². The van der Waals surface area contributed by atoms with Gasteiger partial charge in [0.05, 0.1) is 12.3 Å². The fraction of sp³-hybridized carbons (Fsp3) is 0.571. The van der Waals surface area contributed by atoms with E-state index in [4.69, 9.17) is 5.11 Å². The molecule has 0 spiro atoms. The molecule has 1 saturated heterocycles. The number of hydrogen-bond donors (Lipinski definition) is 2. The molecule has 0 bridgehead atoms. The van der Waals surface area contributed by atoms with Crippen molar-refractivity contribution in [2.24, 2.45) is 0 Å². The minimum absolute atomic E-state index is 0.106. The van der Waals surface area contributed by atoms with Crippen LogP contribution in [-0.4, -0.2) is 69.1 Å². The largest absolute Gasteiger partial charge is 0.395 e. The fourth-order valence-corrected chi connectivity index (χ4v) is 4.26. The first-order valence-electron chi connectivity index (χ1n) is 7.19. The van der Waals surface area contributed by atoms with E-state index in [-0.39, 0.29) is 6.61 Å². The first-order chi connectivity index (χ1) is 10.1. The van der Waals surface area contributed by atoms with Gasteiger partial charge in [0.1, 0.15) is 4.90 Å². The summed E-state index contributed by atoms with van der Waals surface area (Å²) in [6.07, 6.45) is 0.779. The summed E-state index contributed by atoms with van der Waals surface area (Å²) in [5.41, 5.74) is 0.619. The van der Waals surface area contributed by atoms with Crippen LogP contribution >= 0.6 is 0 Å². The van der Waals surface area contributed by atoms with E-state index in [1.165, 1.54) is 0 Å². The molecule has 7 heteroatoms. The van der Waals surface area contributed by atoms with Crippen molar-refractivity contribution >= 4 is 15.7 Å². The molecular formula is C14H23N3O3S. The average molecular weight is 313 g/mol. The monoisotopic (exact) mass is 313 g/mol. The summed E-state index contributed by atoms with van der Waals surface area (Å²) in [5.74, 6) is 0. The number of hydrogen-bond acceptors (Lipinski definition) is 5. The van der Waals surface area contributed by atoms with Crippen LogP contribution in [0, 0.1) is 0 Å². The third kappa shape index (κ3) is 3.74. The highest BCUT2D eigenvalue weighted by atomic mass is 32.2. The van der Waals surface area contributed by atoms with Crippen LogP contribution < -0.4 is 5.32 Å². The number of β-amino-alcohol motifs (C(OH)–C–C–N with tert-alkyl or cyclic N) is 1. The van der Waals surface area contributed by atoms with E-state index in [1.807, 2.05) is 6.07 Å². The van der Waals surface area contributed by atoms with Crippen LogP contribution in [0.2, 0.25) is 0 Å². The normalized spacial score (nSPS) is 18.4. The lowest BCUT2D eigenvalue weighted by Gasteiger charge is -2.22. The molecule has 2 N–H and O–H groups in total. The molecule has 1 fully saturated rings. The van der Waals surface area contributed by atoms with Crippen molar-refractivity contribution in [3.63, 3.8) is 0 Å². The number of aliphatic hydroxyl groups is 1. The summed E-state index contributed by atoms with van der Waals surface area (Å²) < 4.78 is 27.1. The van der Waals surface area contributed by atoms with Gasteiger partial charge in [0.15, 0.2) is 0 Å². The van der Waals surface area contributed by atoms with Crippen LogP contribution in [0.25, 0.3) is 0 Å². The van der Waals surface area contributed by atoms with Crippen LogP contribution in [0.5, 0.6) is 0 Å². The molecule has 1 heterocycles. The SMILES string of the molecule is CNc1ccccc1S(=O)(=O)N1CCCN(CCO)CC1. The van der Waals surface area contributed by atoms with Gasteiger partial charge in [-0.25, -0.2) is 8.42 Å². The Balaban J connectivity index is 2.19. The number of benzene rings is 1. The highest BCUT2D eigenvalue weighted by molar-refractivity contribution is 7.89.